The average molecular weight is 326 g/mol. The first kappa shape index (κ1) is 18.0. The smallest absolute Gasteiger partial charge is 0.239 e. The highest BCUT2D eigenvalue weighted by molar-refractivity contribution is 5.80. The lowest BCUT2D eigenvalue weighted by Crippen LogP contribution is -2.31. The van der Waals surface area contributed by atoms with Crippen LogP contribution in [-0.4, -0.2) is 24.1 Å². The van der Waals surface area contributed by atoms with Crippen LogP contribution in [0.5, 0.6) is 0 Å². The van der Waals surface area contributed by atoms with E-state index in [9.17, 15) is 4.79 Å². The summed E-state index contributed by atoms with van der Waals surface area (Å²) in [7, 11) is 0. The van der Waals surface area contributed by atoms with Crippen molar-refractivity contribution in [1.29, 1.82) is 0 Å². The molecule has 2 aromatic rings. The number of hydrogen-bond acceptors (Lipinski definition) is 3. The molecule has 0 spiro atoms. The molecule has 4 heteroatoms. The maximum atomic E-state index is 12.0. The van der Waals surface area contributed by atoms with Crippen LogP contribution in [0.25, 0.3) is 0 Å². The van der Waals surface area contributed by atoms with E-state index >= 15 is 0 Å². The van der Waals surface area contributed by atoms with Gasteiger partial charge in [-0.1, -0.05) is 29.8 Å². The molecule has 0 saturated carbocycles. The van der Waals surface area contributed by atoms with Gasteiger partial charge in [-0.05, 0) is 61.6 Å². The maximum absolute atomic E-state index is 12.0. The van der Waals surface area contributed by atoms with Crippen molar-refractivity contribution < 1.29 is 9.90 Å². The Hall–Kier alpha value is -2.33. The van der Waals surface area contributed by atoms with Crippen molar-refractivity contribution in [3.05, 3.63) is 64.2 Å². The molecule has 4 nitrogen and oxygen atoms in total. The van der Waals surface area contributed by atoms with E-state index in [1.54, 1.807) is 0 Å². The Morgan fingerprint density at radius 2 is 1.79 bits per heavy atom. The van der Waals surface area contributed by atoms with Crippen LogP contribution in [-0.2, 0) is 17.8 Å². The monoisotopic (exact) mass is 326 g/mol. The molecule has 1 amide bonds. The molecule has 0 aliphatic heterocycles. The fourth-order valence-corrected chi connectivity index (χ4v) is 2.96. The van der Waals surface area contributed by atoms with Crippen LogP contribution >= 0.6 is 0 Å². The van der Waals surface area contributed by atoms with Gasteiger partial charge in [0.1, 0.15) is 0 Å². The van der Waals surface area contributed by atoms with Gasteiger partial charge in [0.2, 0.25) is 5.91 Å². The fraction of sp³-hybridized carbons (Fsp3) is 0.350. The van der Waals surface area contributed by atoms with Gasteiger partial charge in [0.15, 0.2) is 0 Å². The number of aliphatic hydroxyl groups excluding tert-OH is 1. The summed E-state index contributed by atoms with van der Waals surface area (Å²) in [5.41, 5.74) is 6.80. The van der Waals surface area contributed by atoms with E-state index in [4.69, 9.17) is 5.11 Å². The van der Waals surface area contributed by atoms with Crippen LogP contribution in [0.2, 0.25) is 0 Å². The molecular weight excluding hydrogens is 300 g/mol. The topological polar surface area (TPSA) is 61.4 Å². The number of anilines is 1. The zero-order chi connectivity index (χ0) is 17.5. The molecule has 0 aliphatic rings. The van der Waals surface area contributed by atoms with Gasteiger partial charge in [-0.3, -0.25) is 4.79 Å². The van der Waals surface area contributed by atoms with Crippen LogP contribution in [0, 0.1) is 20.8 Å². The summed E-state index contributed by atoms with van der Waals surface area (Å²) in [6.45, 7) is 7.18. The lowest BCUT2D eigenvalue weighted by molar-refractivity contribution is -0.119. The van der Waals surface area contributed by atoms with Gasteiger partial charge in [-0.25, -0.2) is 0 Å². The van der Waals surface area contributed by atoms with Gasteiger partial charge in [0, 0.05) is 12.2 Å². The first-order valence-corrected chi connectivity index (χ1v) is 8.26. The summed E-state index contributed by atoms with van der Waals surface area (Å²) in [4.78, 5) is 12.0. The Bertz CT molecular complexity index is 688. The highest BCUT2D eigenvalue weighted by Gasteiger charge is 2.06. The maximum Gasteiger partial charge on any atom is 0.239 e. The minimum atomic E-state index is -0.0354. The fourth-order valence-electron chi connectivity index (χ4n) is 2.96. The number of amides is 1. The minimum absolute atomic E-state index is 0.00301. The number of aliphatic hydroxyl groups is 1. The normalized spacial score (nSPS) is 10.5. The van der Waals surface area contributed by atoms with E-state index in [0.29, 0.717) is 6.54 Å². The first-order chi connectivity index (χ1) is 11.5. The van der Waals surface area contributed by atoms with Gasteiger partial charge in [0.25, 0.3) is 0 Å². The van der Waals surface area contributed by atoms with E-state index in [-0.39, 0.29) is 19.1 Å². The zero-order valence-electron chi connectivity index (χ0n) is 14.6. The van der Waals surface area contributed by atoms with E-state index in [2.05, 4.69) is 43.5 Å². The molecule has 24 heavy (non-hydrogen) atoms. The summed E-state index contributed by atoms with van der Waals surface area (Å²) in [6.07, 6.45) is 0.837. The lowest BCUT2D eigenvalue weighted by Gasteiger charge is -2.12. The Morgan fingerprint density at radius 1 is 1.08 bits per heavy atom. The van der Waals surface area contributed by atoms with Gasteiger partial charge in [0.05, 0.1) is 13.2 Å². The molecule has 0 unspecified atom stereocenters. The van der Waals surface area contributed by atoms with Crippen LogP contribution in [0.1, 0.15) is 27.8 Å². The van der Waals surface area contributed by atoms with Gasteiger partial charge < -0.3 is 15.7 Å². The van der Waals surface area contributed by atoms with Crippen LogP contribution in [0.15, 0.2) is 36.4 Å². The number of rotatable bonds is 7. The third kappa shape index (κ3) is 5.10. The number of nitrogens with one attached hydrogen (secondary N) is 2. The van der Waals surface area contributed by atoms with Crippen LogP contribution in [0.3, 0.4) is 0 Å². The predicted octanol–water partition coefficient (Wildman–Crippen LogP) is 2.87. The molecule has 0 aliphatic carbocycles. The molecule has 0 fully saturated rings. The zero-order valence-corrected chi connectivity index (χ0v) is 14.6. The van der Waals surface area contributed by atoms with Gasteiger partial charge >= 0.3 is 0 Å². The molecule has 128 valence electrons. The van der Waals surface area contributed by atoms with Crippen LogP contribution < -0.4 is 10.6 Å². The van der Waals surface area contributed by atoms with Crippen molar-refractivity contribution in [2.24, 2.45) is 0 Å². The molecule has 0 bridgehead atoms. The third-order valence-corrected chi connectivity index (χ3v) is 4.10. The van der Waals surface area contributed by atoms with Crippen LogP contribution in [0.4, 0.5) is 5.69 Å². The molecule has 0 saturated heterocycles. The van der Waals surface area contributed by atoms with Gasteiger partial charge in [-0.2, -0.15) is 0 Å². The highest BCUT2D eigenvalue weighted by Crippen LogP contribution is 2.16. The van der Waals surface area contributed by atoms with E-state index in [1.807, 2.05) is 24.3 Å². The molecule has 0 aromatic heterocycles. The molecule has 3 N–H and O–H groups in total. The first-order valence-electron chi connectivity index (χ1n) is 8.26. The second kappa shape index (κ2) is 8.50. The summed E-state index contributed by atoms with van der Waals surface area (Å²) < 4.78 is 0. The van der Waals surface area contributed by atoms with Crippen molar-refractivity contribution in [3.63, 3.8) is 0 Å². The standard InChI is InChI=1S/C20H26N2O2/c1-14-9-15(2)19(16(3)10-14)7-8-21-20(24)12-22-18-6-4-5-17(11-18)13-23/h4-6,9-11,22-23H,7-8,12-13H2,1-3H3,(H,21,24). The Morgan fingerprint density at radius 3 is 2.46 bits per heavy atom. The van der Waals surface area contributed by atoms with Crippen molar-refractivity contribution in [2.75, 3.05) is 18.4 Å². The van der Waals surface area contributed by atoms with E-state index < -0.39 is 0 Å². The summed E-state index contributed by atoms with van der Waals surface area (Å²) in [6, 6.07) is 11.8. The Balaban J connectivity index is 1.79. The second-order valence-electron chi connectivity index (χ2n) is 6.19. The Kier molecular flexibility index (Phi) is 6.38. The molecular formula is C20H26N2O2. The lowest BCUT2D eigenvalue weighted by atomic mass is 9.97. The molecule has 2 aromatic carbocycles. The highest BCUT2D eigenvalue weighted by atomic mass is 16.3. The van der Waals surface area contributed by atoms with E-state index in [0.717, 1.165) is 17.7 Å². The largest absolute Gasteiger partial charge is 0.392 e. The number of aryl methyl sites for hydroxylation is 3. The molecule has 0 radical (unpaired) electrons. The molecule has 0 heterocycles. The van der Waals surface area contributed by atoms with Crippen molar-refractivity contribution in [1.82, 2.24) is 5.32 Å². The number of carbonyl (C=O) groups is 1. The SMILES string of the molecule is Cc1cc(C)c(CCNC(=O)CNc2cccc(CO)c2)c(C)c1. The number of carbonyl (C=O) groups excluding carboxylic acids is 1. The predicted molar refractivity (Wildman–Crippen MR) is 98.2 cm³/mol. The molecule has 0 atom stereocenters. The number of benzene rings is 2. The minimum Gasteiger partial charge on any atom is -0.392 e. The van der Waals surface area contributed by atoms with Gasteiger partial charge in [-0.15, -0.1) is 0 Å². The van der Waals surface area contributed by atoms with Crippen molar-refractivity contribution in [2.45, 2.75) is 33.8 Å². The molecule has 2 rings (SSSR count). The number of hydrogen-bond donors (Lipinski definition) is 3. The summed E-state index contributed by atoms with van der Waals surface area (Å²) in [5.74, 6) is -0.0354. The average Bonchev–Trinajstić information content (AvgIpc) is 2.55. The van der Waals surface area contributed by atoms with Crippen molar-refractivity contribution >= 4 is 11.6 Å². The van der Waals surface area contributed by atoms with E-state index in [1.165, 1.54) is 22.3 Å². The van der Waals surface area contributed by atoms with Crippen molar-refractivity contribution in [3.8, 4) is 0 Å². The Labute approximate surface area is 143 Å². The third-order valence-electron chi connectivity index (χ3n) is 4.10. The summed E-state index contributed by atoms with van der Waals surface area (Å²) >= 11 is 0. The quantitative estimate of drug-likeness (QED) is 0.733. The second-order valence-corrected chi connectivity index (χ2v) is 6.19. The summed E-state index contributed by atoms with van der Waals surface area (Å²) in [5, 5.41) is 15.1.